The normalized spacial score (nSPS) is 8.07. The molecule has 0 N–H and O–H groups in total. The molecule has 15 heavy (non-hydrogen) atoms. The standard InChI is InChI=1S/C8H6N3.C3H4.Y/c1-6-2-3-7-8(11-6)10-5-4-9-7;1-3-2;/h2-4H,1H3;1-2H2;/q-1;;. The van der Waals surface area contributed by atoms with Crippen LogP contribution < -0.4 is 0 Å². The van der Waals surface area contributed by atoms with Crippen LogP contribution in [0.25, 0.3) is 11.2 Å². The molecule has 2 rings (SSSR count). The fraction of sp³-hybridized carbons (Fsp3) is 0.0909. The first kappa shape index (κ1) is 14.1. The second-order valence-electron chi connectivity index (χ2n) is 2.54. The van der Waals surface area contributed by atoms with Gasteiger partial charge in [0.25, 0.3) is 0 Å². The van der Waals surface area contributed by atoms with E-state index in [1.165, 1.54) is 0 Å². The van der Waals surface area contributed by atoms with E-state index >= 15 is 0 Å². The average Bonchev–Trinajstić information content (AvgIpc) is 2.19. The summed E-state index contributed by atoms with van der Waals surface area (Å²) in [6.45, 7) is 8.17. The molecule has 0 unspecified atom stereocenters. The van der Waals surface area contributed by atoms with Gasteiger partial charge in [0.1, 0.15) is 0 Å². The second kappa shape index (κ2) is 7.41. The van der Waals surface area contributed by atoms with Gasteiger partial charge in [-0.1, -0.05) is 13.2 Å². The summed E-state index contributed by atoms with van der Waals surface area (Å²) in [7, 11) is 0. The Morgan fingerprint density at radius 2 is 2.00 bits per heavy atom. The molecule has 0 aliphatic carbocycles. The fourth-order valence-electron chi connectivity index (χ4n) is 0.907. The van der Waals surface area contributed by atoms with Crippen LogP contribution in [0.3, 0.4) is 0 Å². The maximum atomic E-state index is 4.17. The number of pyridine rings is 1. The Labute approximate surface area is 114 Å². The van der Waals surface area contributed by atoms with Crippen LogP contribution in [-0.4, -0.2) is 15.0 Å². The van der Waals surface area contributed by atoms with E-state index < -0.39 is 0 Å². The van der Waals surface area contributed by atoms with Gasteiger partial charge in [0, 0.05) is 49.6 Å². The van der Waals surface area contributed by atoms with Crippen molar-refractivity contribution in [1.82, 2.24) is 15.0 Å². The van der Waals surface area contributed by atoms with E-state index in [2.05, 4.69) is 40.0 Å². The number of hydrogen-bond acceptors (Lipinski definition) is 3. The van der Waals surface area contributed by atoms with Crippen LogP contribution in [0.5, 0.6) is 0 Å². The molecule has 1 radical (unpaired) electrons. The van der Waals surface area contributed by atoms with Gasteiger partial charge in [0.2, 0.25) is 0 Å². The molecule has 2 aromatic heterocycles. The van der Waals surface area contributed by atoms with Gasteiger partial charge >= 0.3 is 0 Å². The minimum absolute atomic E-state index is 0. The van der Waals surface area contributed by atoms with Gasteiger partial charge in [-0.2, -0.15) is 0 Å². The Morgan fingerprint density at radius 1 is 1.33 bits per heavy atom. The number of aryl methyl sites for hydroxylation is 1. The third kappa shape index (κ3) is 4.43. The van der Waals surface area contributed by atoms with Crippen LogP contribution in [0.1, 0.15) is 5.69 Å². The topological polar surface area (TPSA) is 38.7 Å². The summed E-state index contributed by atoms with van der Waals surface area (Å²) in [5.74, 6) is 0. The molecule has 0 atom stereocenters. The fourth-order valence-corrected chi connectivity index (χ4v) is 0.907. The Kier molecular flexibility index (Phi) is 6.97. The summed E-state index contributed by atoms with van der Waals surface area (Å²) in [6, 6.07) is 3.82. The molecule has 2 aromatic rings. The molecule has 2 heterocycles. The first-order valence-electron chi connectivity index (χ1n) is 4.03. The van der Waals surface area contributed by atoms with Gasteiger partial charge < -0.3 is 9.97 Å². The van der Waals surface area contributed by atoms with Gasteiger partial charge in [-0.3, -0.25) is 4.98 Å². The van der Waals surface area contributed by atoms with Gasteiger partial charge in [-0.05, 0) is 25.3 Å². The smallest absolute Gasteiger partial charge is 0.0230 e. The van der Waals surface area contributed by atoms with Crippen LogP contribution in [0.2, 0.25) is 0 Å². The maximum absolute atomic E-state index is 4.17. The zero-order chi connectivity index (χ0) is 10.4. The molecule has 0 saturated carbocycles. The van der Waals surface area contributed by atoms with Crippen molar-refractivity contribution < 1.29 is 32.7 Å². The van der Waals surface area contributed by atoms with Crippen LogP contribution in [-0.2, 0) is 32.7 Å². The van der Waals surface area contributed by atoms with Crippen LogP contribution in [0.15, 0.2) is 37.2 Å². The van der Waals surface area contributed by atoms with Crippen LogP contribution in [0, 0.1) is 13.1 Å². The third-order valence-electron chi connectivity index (χ3n) is 1.43. The molecular weight excluding hydrogens is 263 g/mol. The summed E-state index contributed by atoms with van der Waals surface area (Å²) in [6.07, 6.45) is 4.18. The minimum atomic E-state index is 0. The third-order valence-corrected chi connectivity index (χ3v) is 1.43. The molecule has 3 nitrogen and oxygen atoms in total. The average molecular weight is 273 g/mol. The number of aromatic nitrogens is 3. The molecule has 0 aliphatic rings. The molecule has 0 spiro atoms. The van der Waals surface area contributed by atoms with E-state index in [1.807, 2.05) is 19.1 Å². The van der Waals surface area contributed by atoms with E-state index in [0.29, 0.717) is 5.65 Å². The monoisotopic (exact) mass is 273 g/mol. The van der Waals surface area contributed by atoms with Crippen molar-refractivity contribution in [2.75, 3.05) is 0 Å². The van der Waals surface area contributed by atoms with Crippen molar-refractivity contribution >= 4 is 11.2 Å². The summed E-state index contributed by atoms with van der Waals surface area (Å²) in [5, 5.41) is 0. The molecular formula is C11H10N3Y-. The number of rotatable bonds is 0. The molecule has 73 valence electrons. The second-order valence-corrected chi connectivity index (χ2v) is 2.54. The predicted molar refractivity (Wildman–Crippen MR) is 55.7 cm³/mol. The maximum Gasteiger partial charge on any atom is 0.0230 e. The summed E-state index contributed by atoms with van der Waals surface area (Å²) >= 11 is 0. The van der Waals surface area contributed by atoms with Gasteiger partial charge in [0.05, 0.1) is 0 Å². The zero-order valence-electron chi connectivity index (χ0n) is 8.57. The van der Waals surface area contributed by atoms with Crippen LogP contribution in [0.4, 0.5) is 0 Å². The Morgan fingerprint density at radius 3 is 2.67 bits per heavy atom. The molecule has 0 amide bonds. The molecule has 0 aromatic carbocycles. The SMILES string of the molecule is C=C=C.Cc1ccc2nc[c-]nc2n1.[Y]. The Balaban J connectivity index is 0.000000443. The molecule has 0 aliphatic heterocycles. The van der Waals surface area contributed by atoms with E-state index in [1.54, 1.807) is 6.20 Å². The molecule has 4 heteroatoms. The van der Waals surface area contributed by atoms with E-state index in [0.717, 1.165) is 11.2 Å². The Bertz CT molecular complexity index is 462. The number of hydrogen-bond donors (Lipinski definition) is 0. The largest absolute Gasteiger partial charge is 0.433 e. The first-order chi connectivity index (χ1) is 6.77. The number of nitrogens with zero attached hydrogens (tertiary/aromatic N) is 3. The van der Waals surface area contributed by atoms with E-state index in [-0.39, 0.29) is 32.7 Å². The van der Waals surface area contributed by atoms with Crippen molar-refractivity contribution in [3.05, 3.63) is 49.1 Å². The van der Waals surface area contributed by atoms with E-state index in [4.69, 9.17) is 0 Å². The van der Waals surface area contributed by atoms with Crippen molar-refractivity contribution in [1.29, 1.82) is 0 Å². The first-order valence-corrected chi connectivity index (χ1v) is 4.03. The van der Waals surface area contributed by atoms with Crippen molar-refractivity contribution in [3.8, 4) is 0 Å². The molecule has 0 bridgehead atoms. The van der Waals surface area contributed by atoms with Crippen LogP contribution >= 0.6 is 0 Å². The minimum Gasteiger partial charge on any atom is -0.433 e. The summed E-state index contributed by atoms with van der Waals surface area (Å²) < 4.78 is 0. The number of fused-ring (bicyclic) bond motifs is 1. The quantitative estimate of drug-likeness (QED) is 0.545. The predicted octanol–water partition coefficient (Wildman–Crippen LogP) is 2.09. The van der Waals surface area contributed by atoms with Gasteiger partial charge in [-0.25, -0.2) is 0 Å². The Hall–Kier alpha value is -0.886. The summed E-state index contributed by atoms with van der Waals surface area (Å²) in [5.41, 5.74) is 4.67. The van der Waals surface area contributed by atoms with E-state index in [9.17, 15) is 0 Å². The van der Waals surface area contributed by atoms with Gasteiger partial charge in [0.15, 0.2) is 0 Å². The zero-order valence-corrected chi connectivity index (χ0v) is 11.4. The van der Waals surface area contributed by atoms with Crippen molar-refractivity contribution in [2.24, 2.45) is 0 Å². The molecule has 0 fully saturated rings. The molecule has 0 saturated heterocycles. The van der Waals surface area contributed by atoms with Crippen molar-refractivity contribution in [3.63, 3.8) is 0 Å². The van der Waals surface area contributed by atoms with Gasteiger partial charge in [-0.15, -0.1) is 11.9 Å². The van der Waals surface area contributed by atoms with Crippen molar-refractivity contribution in [2.45, 2.75) is 6.92 Å². The summed E-state index contributed by atoms with van der Waals surface area (Å²) in [4.78, 5) is 12.2.